The number of aliphatic hydroxyl groups is 1. The van der Waals surface area contributed by atoms with Crippen molar-refractivity contribution in [3.63, 3.8) is 0 Å². The van der Waals surface area contributed by atoms with Gasteiger partial charge in [0.25, 0.3) is 5.91 Å². The summed E-state index contributed by atoms with van der Waals surface area (Å²) in [6, 6.07) is 4.45. The van der Waals surface area contributed by atoms with Crippen LogP contribution in [0.4, 0.5) is 5.69 Å². The SMILES string of the molecule is C=CCCCOC(=O)[C@H]1[C@H]2C(=O)N([C@H](C)CO)C(C(=O)N(CC=C)c3c(C)cccc3C)C23CC(Br)[C@@H]1S3. The van der Waals surface area contributed by atoms with Gasteiger partial charge in [-0.2, -0.15) is 0 Å². The highest BCUT2D eigenvalue weighted by molar-refractivity contribution is 9.09. The molecule has 1 spiro atoms. The molecule has 3 aliphatic rings. The first-order chi connectivity index (χ1) is 18.1. The Morgan fingerprint density at radius 1 is 1.32 bits per heavy atom. The molecule has 2 bridgehead atoms. The molecule has 2 amide bonds. The largest absolute Gasteiger partial charge is 0.465 e. The molecule has 7 atom stereocenters. The van der Waals surface area contributed by atoms with Crippen molar-refractivity contribution in [3.8, 4) is 0 Å². The van der Waals surface area contributed by atoms with Crippen molar-refractivity contribution in [2.75, 3.05) is 24.7 Å². The number of aryl methyl sites for hydroxylation is 2. The molecule has 3 heterocycles. The van der Waals surface area contributed by atoms with Gasteiger partial charge in [-0.05, 0) is 51.2 Å². The molecule has 7 nitrogen and oxygen atoms in total. The summed E-state index contributed by atoms with van der Waals surface area (Å²) in [5.74, 6) is -2.21. The maximum absolute atomic E-state index is 14.6. The summed E-state index contributed by atoms with van der Waals surface area (Å²) in [6.45, 7) is 13.5. The summed E-state index contributed by atoms with van der Waals surface area (Å²) in [4.78, 5) is 45.3. The number of ether oxygens (including phenoxy) is 1. The van der Waals surface area contributed by atoms with Gasteiger partial charge in [0.05, 0.1) is 35.8 Å². The zero-order valence-corrected chi connectivity index (χ0v) is 24.7. The smallest absolute Gasteiger partial charge is 0.310 e. The third-order valence-electron chi connectivity index (χ3n) is 8.06. The summed E-state index contributed by atoms with van der Waals surface area (Å²) in [5, 5.41) is 9.96. The lowest BCUT2D eigenvalue weighted by Gasteiger charge is -2.39. The fourth-order valence-corrected chi connectivity index (χ4v) is 10.1. The van der Waals surface area contributed by atoms with E-state index in [1.165, 1.54) is 0 Å². The van der Waals surface area contributed by atoms with Crippen LogP contribution in [0.2, 0.25) is 0 Å². The molecule has 3 saturated heterocycles. The number of unbranched alkanes of at least 4 members (excludes halogenated alkanes) is 1. The third kappa shape index (κ3) is 4.64. The quantitative estimate of drug-likeness (QED) is 0.176. The molecule has 1 N–H and O–H groups in total. The number of carbonyl (C=O) groups is 3. The van der Waals surface area contributed by atoms with Gasteiger partial charge in [0.2, 0.25) is 5.91 Å². The van der Waals surface area contributed by atoms with E-state index in [0.717, 1.165) is 23.2 Å². The van der Waals surface area contributed by atoms with Crippen LogP contribution in [-0.4, -0.2) is 74.5 Å². The minimum atomic E-state index is -0.838. The highest BCUT2D eigenvalue weighted by Crippen LogP contribution is 2.68. The van der Waals surface area contributed by atoms with Crippen molar-refractivity contribution < 1.29 is 24.2 Å². The van der Waals surface area contributed by atoms with Gasteiger partial charge < -0.3 is 19.6 Å². The van der Waals surface area contributed by atoms with Crippen LogP contribution in [0.25, 0.3) is 0 Å². The van der Waals surface area contributed by atoms with Crippen molar-refractivity contribution in [3.05, 3.63) is 54.6 Å². The number of nitrogens with zero attached hydrogens (tertiary/aromatic N) is 2. The Labute approximate surface area is 237 Å². The molecule has 1 aromatic rings. The number of para-hydroxylation sites is 1. The molecular weight excluding hydrogens is 568 g/mol. The molecule has 9 heteroatoms. The molecule has 0 saturated carbocycles. The van der Waals surface area contributed by atoms with E-state index in [1.807, 2.05) is 32.0 Å². The Kier molecular flexibility index (Phi) is 8.79. The second kappa shape index (κ2) is 11.6. The highest BCUT2D eigenvalue weighted by atomic mass is 79.9. The van der Waals surface area contributed by atoms with Crippen LogP contribution in [0.5, 0.6) is 0 Å². The number of likely N-dealkylation sites (tertiary alicyclic amines) is 1. The number of anilines is 1. The van der Waals surface area contributed by atoms with E-state index in [9.17, 15) is 19.5 Å². The number of esters is 1. The molecular formula is C29H37BrN2O5S. The Bertz CT molecular complexity index is 1110. The van der Waals surface area contributed by atoms with Gasteiger partial charge in [-0.15, -0.1) is 24.9 Å². The fourth-order valence-electron chi connectivity index (χ4n) is 6.47. The summed E-state index contributed by atoms with van der Waals surface area (Å²) in [7, 11) is 0. The van der Waals surface area contributed by atoms with Crippen molar-refractivity contribution in [2.45, 2.75) is 66.9 Å². The van der Waals surface area contributed by atoms with Gasteiger partial charge in [-0.25, -0.2) is 0 Å². The number of carbonyl (C=O) groups excluding carboxylic acids is 3. The van der Waals surface area contributed by atoms with Gasteiger partial charge in [0.15, 0.2) is 0 Å². The lowest BCUT2D eigenvalue weighted by atomic mass is 9.71. The molecule has 0 aliphatic carbocycles. The van der Waals surface area contributed by atoms with Crippen molar-refractivity contribution in [1.82, 2.24) is 4.90 Å². The van der Waals surface area contributed by atoms with Crippen molar-refractivity contribution >= 4 is 51.2 Å². The standard InChI is InChI=1S/C29H37BrN2O5S/c1-6-8-9-14-37-28(36)21-22-26(34)32(19(5)16-33)25(29(22)15-20(30)24(21)38-29)27(35)31(13-7-2)23-17(3)11-10-12-18(23)4/h6-7,10-12,19-22,24-25,33H,1-2,8-9,13-16H2,3-5H3/t19-,20?,21+,22+,24+,25?,29?/m1/s1. The molecule has 4 rings (SSSR count). The summed E-state index contributed by atoms with van der Waals surface area (Å²) in [6.07, 6.45) is 5.44. The molecule has 1 aromatic carbocycles. The van der Waals surface area contributed by atoms with E-state index in [4.69, 9.17) is 4.74 Å². The molecule has 38 heavy (non-hydrogen) atoms. The number of benzene rings is 1. The second-order valence-electron chi connectivity index (χ2n) is 10.5. The summed E-state index contributed by atoms with van der Waals surface area (Å²) >= 11 is 5.34. The number of halogens is 1. The van der Waals surface area contributed by atoms with E-state index >= 15 is 0 Å². The average Bonchev–Trinajstić information content (AvgIpc) is 3.48. The first-order valence-corrected chi connectivity index (χ1v) is 14.9. The average molecular weight is 606 g/mol. The molecule has 0 aromatic heterocycles. The first kappa shape index (κ1) is 28.9. The van der Waals surface area contributed by atoms with E-state index < -0.39 is 34.6 Å². The minimum absolute atomic E-state index is 0.0463. The van der Waals surface area contributed by atoms with Crippen LogP contribution in [0.15, 0.2) is 43.5 Å². The number of thioether (sulfide) groups is 1. The van der Waals surface area contributed by atoms with E-state index in [2.05, 4.69) is 29.1 Å². The maximum Gasteiger partial charge on any atom is 0.310 e. The molecule has 0 radical (unpaired) electrons. The lowest BCUT2D eigenvalue weighted by molar-refractivity contribution is -0.154. The third-order valence-corrected chi connectivity index (χ3v) is 11.3. The Hall–Kier alpha value is -2.10. The molecule has 3 fully saturated rings. The number of hydrogen-bond acceptors (Lipinski definition) is 6. The number of hydrogen-bond donors (Lipinski definition) is 1. The Balaban J connectivity index is 1.78. The van der Waals surface area contributed by atoms with E-state index in [1.54, 1.807) is 40.6 Å². The van der Waals surface area contributed by atoms with Crippen LogP contribution >= 0.6 is 27.7 Å². The Morgan fingerprint density at radius 2 is 2.00 bits per heavy atom. The van der Waals surface area contributed by atoms with Gasteiger partial charge in [-0.1, -0.05) is 46.3 Å². The van der Waals surface area contributed by atoms with Crippen molar-refractivity contribution in [1.29, 1.82) is 0 Å². The van der Waals surface area contributed by atoms with E-state index in [-0.39, 0.29) is 41.6 Å². The molecule has 206 valence electrons. The van der Waals surface area contributed by atoms with Crippen LogP contribution in [0.3, 0.4) is 0 Å². The Morgan fingerprint density at radius 3 is 2.61 bits per heavy atom. The van der Waals surface area contributed by atoms with Gasteiger partial charge >= 0.3 is 5.97 Å². The fraction of sp³-hybridized carbons (Fsp3) is 0.552. The molecule has 3 unspecified atom stereocenters. The summed E-state index contributed by atoms with van der Waals surface area (Å²) in [5.41, 5.74) is 2.69. The van der Waals surface area contributed by atoms with E-state index in [0.29, 0.717) is 12.8 Å². The van der Waals surface area contributed by atoms with Crippen LogP contribution in [0, 0.1) is 25.7 Å². The first-order valence-electron chi connectivity index (χ1n) is 13.2. The normalized spacial score (nSPS) is 30.2. The number of fused-ring (bicyclic) bond motifs is 1. The number of rotatable bonds is 11. The van der Waals surface area contributed by atoms with Crippen LogP contribution in [-0.2, 0) is 19.1 Å². The zero-order valence-electron chi connectivity index (χ0n) is 22.3. The monoisotopic (exact) mass is 604 g/mol. The minimum Gasteiger partial charge on any atom is -0.465 e. The predicted molar refractivity (Wildman–Crippen MR) is 154 cm³/mol. The molecule has 3 aliphatic heterocycles. The van der Waals surface area contributed by atoms with Crippen molar-refractivity contribution in [2.24, 2.45) is 11.8 Å². The lowest BCUT2D eigenvalue weighted by Crippen LogP contribution is -2.57. The van der Waals surface area contributed by atoms with Gasteiger partial charge in [-0.3, -0.25) is 14.4 Å². The maximum atomic E-state index is 14.6. The number of amides is 2. The highest BCUT2D eigenvalue weighted by Gasteiger charge is 2.76. The zero-order chi connectivity index (χ0) is 27.8. The van der Waals surface area contributed by atoms with Gasteiger partial charge in [0.1, 0.15) is 6.04 Å². The predicted octanol–water partition coefficient (Wildman–Crippen LogP) is 4.18. The topological polar surface area (TPSA) is 87.1 Å². The number of aliphatic hydroxyl groups excluding tert-OH is 1. The van der Waals surface area contributed by atoms with Crippen LogP contribution < -0.4 is 4.90 Å². The van der Waals surface area contributed by atoms with Gasteiger partial charge in [0, 0.05) is 22.3 Å². The number of allylic oxidation sites excluding steroid dienone is 1. The number of alkyl halides is 1. The summed E-state index contributed by atoms with van der Waals surface area (Å²) < 4.78 is 4.83. The second-order valence-corrected chi connectivity index (χ2v) is 13.2. The van der Waals surface area contributed by atoms with Crippen LogP contribution in [0.1, 0.15) is 37.3 Å².